The summed E-state index contributed by atoms with van der Waals surface area (Å²) in [4.78, 5) is 4.72. The first-order valence-corrected chi connectivity index (χ1v) is 10.0. The molecule has 30 heavy (non-hydrogen) atoms. The van der Waals surface area contributed by atoms with Gasteiger partial charge in [0.25, 0.3) is 6.43 Å². The summed E-state index contributed by atoms with van der Waals surface area (Å²) in [5.74, 6) is -0.497. The van der Waals surface area contributed by atoms with E-state index in [1.165, 1.54) is 31.4 Å². The van der Waals surface area contributed by atoms with Gasteiger partial charge in [-0.15, -0.1) is 11.3 Å². The van der Waals surface area contributed by atoms with Gasteiger partial charge in [-0.2, -0.15) is 0 Å². The highest BCUT2D eigenvalue weighted by atomic mass is 32.1. The van der Waals surface area contributed by atoms with Gasteiger partial charge in [0, 0.05) is 51.3 Å². The number of aromatic nitrogens is 1. The zero-order valence-corrected chi connectivity index (χ0v) is 17.3. The van der Waals surface area contributed by atoms with E-state index in [0.29, 0.717) is 4.88 Å². The van der Waals surface area contributed by atoms with Crippen LogP contribution in [-0.4, -0.2) is 36.0 Å². The number of rotatable bonds is 9. The Kier molecular flexibility index (Phi) is 6.64. The van der Waals surface area contributed by atoms with Crippen molar-refractivity contribution >= 4 is 21.4 Å². The minimum Gasteiger partial charge on any atom is -0.496 e. The van der Waals surface area contributed by atoms with Crippen LogP contribution in [-0.2, 0) is 12.0 Å². The topological polar surface area (TPSA) is 54.4 Å². The van der Waals surface area contributed by atoms with Gasteiger partial charge in [0.2, 0.25) is 0 Å². The number of aliphatic hydroxyl groups is 1. The third kappa shape index (κ3) is 4.58. The number of benzene rings is 1. The molecule has 2 heterocycles. The number of hydrogen-bond acceptors (Lipinski definition) is 5. The van der Waals surface area contributed by atoms with Crippen LogP contribution in [0.3, 0.4) is 0 Å². The van der Waals surface area contributed by atoms with Crippen molar-refractivity contribution in [2.24, 2.45) is 0 Å². The molecule has 2 aromatic heterocycles. The monoisotopic (exact) mass is 442 g/mol. The van der Waals surface area contributed by atoms with E-state index in [1.807, 2.05) is 0 Å². The van der Waals surface area contributed by atoms with Crippen molar-refractivity contribution in [3.05, 3.63) is 59.0 Å². The molecule has 0 saturated carbocycles. The van der Waals surface area contributed by atoms with E-state index in [1.54, 1.807) is 24.5 Å². The van der Waals surface area contributed by atoms with E-state index >= 15 is 0 Å². The molecule has 4 nitrogen and oxygen atoms in total. The molecule has 3 aromatic rings. The molecule has 0 radical (unpaired) electrons. The quantitative estimate of drug-likeness (QED) is 0.369. The minimum absolute atomic E-state index is 0.0527. The van der Waals surface area contributed by atoms with Crippen molar-refractivity contribution in [2.75, 3.05) is 13.8 Å². The Morgan fingerprint density at radius 2 is 2.03 bits per heavy atom. The van der Waals surface area contributed by atoms with Gasteiger partial charge in [0.15, 0.2) is 5.72 Å². The molecule has 0 aliphatic carbocycles. The van der Waals surface area contributed by atoms with Crippen molar-refractivity contribution in [1.29, 1.82) is 0 Å². The lowest BCUT2D eigenvalue weighted by Gasteiger charge is -2.38. The first kappa shape index (κ1) is 22.5. The zero-order valence-electron chi connectivity index (χ0n) is 16.5. The Bertz CT molecular complexity index is 983. The molecule has 0 aliphatic heterocycles. The van der Waals surface area contributed by atoms with Crippen LogP contribution in [0.4, 0.5) is 17.6 Å². The Labute approximate surface area is 175 Å². The van der Waals surface area contributed by atoms with E-state index in [9.17, 15) is 22.7 Å². The van der Waals surface area contributed by atoms with Crippen LogP contribution < -0.4 is 10.1 Å². The maximum atomic E-state index is 14.1. The Hall–Kier alpha value is -2.23. The summed E-state index contributed by atoms with van der Waals surface area (Å²) in [7, 11) is 1.32. The second kappa shape index (κ2) is 8.87. The Morgan fingerprint density at radius 3 is 2.67 bits per heavy atom. The van der Waals surface area contributed by atoms with Crippen LogP contribution in [0.25, 0.3) is 10.1 Å². The second-order valence-electron chi connectivity index (χ2n) is 7.42. The number of halogens is 4. The van der Waals surface area contributed by atoms with Gasteiger partial charge in [0.1, 0.15) is 11.6 Å². The summed E-state index contributed by atoms with van der Waals surface area (Å²) in [6.45, 7) is 0.200. The number of ether oxygens (including phenoxy) is 1. The van der Waals surface area contributed by atoms with Crippen molar-refractivity contribution in [3.8, 4) is 5.75 Å². The first-order chi connectivity index (χ1) is 14.2. The fourth-order valence-corrected chi connectivity index (χ4v) is 4.42. The molecule has 2 unspecified atom stereocenters. The lowest BCUT2D eigenvalue weighted by Crippen LogP contribution is -2.55. The molecule has 2 atom stereocenters. The molecule has 0 bridgehead atoms. The molecule has 162 valence electrons. The van der Waals surface area contributed by atoms with Crippen LogP contribution in [0.5, 0.6) is 5.75 Å². The zero-order chi connectivity index (χ0) is 21.9. The van der Waals surface area contributed by atoms with Gasteiger partial charge in [0.05, 0.1) is 13.8 Å². The van der Waals surface area contributed by atoms with E-state index in [-0.39, 0.29) is 17.9 Å². The second-order valence-corrected chi connectivity index (χ2v) is 8.59. The predicted molar refractivity (Wildman–Crippen MR) is 108 cm³/mol. The molecule has 1 aromatic carbocycles. The van der Waals surface area contributed by atoms with Crippen LogP contribution in [0, 0.1) is 5.82 Å². The maximum absolute atomic E-state index is 14.1. The maximum Gasteiger partial charge on any atom is 0.280 e. The fraction of sp³-hybridized carbons (Fsp3) is 0.381. The number of thiophene rings is 1. The van der Waals surface area contributed by atoms with Crippen LogP contribution in [0.1, 0.15) is 23.8 Å². The summed E-state index contributed by atoms with van der Waals surface area (Å²) >= 11 is 1.38. The van der Waals surface area contributed by atoms with Crippen molar-refractivity contribution < 1.29 is 27.4 Å². The Balaban J connectivity index is 1.87. The number of alkyl halides is 3. The van der Waals surface area contributed by atoms with E-state index in [0.717, 1.165) is 22.2 Å². The lowest BCUT2D eigenvalue weighted by atomic mass is 9.76. The molecule has 3 rings (SSSR count). The average Bonchev–Trinajstić information content (AvgIpc) is 3.15. The number of pyridine rings is 1. The highest BCUT2D eigenvalue weighted by Crippen LogP contribution is 2.40. The van der Waals surface area contributed by atoms with Crippen molar-refractivity contribution in [3.63, 3.8) is 0 Å². The predicted octanol–water partition coefficient (Wildman–Crippen LogP) is 4.80. The number of hydrogen-bond donors (Lipinski definition) is 2. The van der Waals surface area contributed by atoms with Crippen LogP contribution >= 0.6 is 11.3 Å². The first-order valence-electron chi connectivity index (χ1n) is 9.19. The molecule has 2 N–H and O–H groups in total. The molecule has 9 heteroatoms. The van der Waals surface area contributed by atoms with Gasteiger partial charge in [-0.3, -0.25) is 14.7 Å². The summed E-state index contributed by atoms with van der Waals surface area (Å²) in [6.07, 6.45) is -0.616. The van der Waals surface area contributed by atoms with E-state index < -0.39 is 36.5 Å². The molecule has 0 amide bonds. The van der Waals surface area contributed by atoms with Gasteiger partial charge in [-0.1, -0.05) is 6.92 Å². The van der Waals surface area contributed by atoms with Gasteiger partial charge >= 0.3 is 0 Å². The number of nitrogens with one attached hydrogen (secondary N) is 1. The summed E-state index contributed by atoms with van der Waals surface area (Å²) in [5.41, 5.74) is -4.25. The smallest absolute Gasteiger partial charge is 0.280 e. The standard InChI is InChI=1S/C21H22F4N2O2S/c1-20(12-22,16-8-14(23)3-4-17(16)29-2)11-21(28,19(24)25)27-10-15-7-13-9-26-6-5-18(13)30-15/h3-9,19,27-28H,10-12H2,1-2H3. The number of methoxy groups -OCH3 is 1. The average molecular weight is 442 g/mol. The molecule has 0 spiro atoms. The summed E-state index contributed by atoms with van der Waals surface area (Å²) < 4.78 is 61.8. The Morgan fingerprint density at radius 1 is 1.27 bits per heavy atom. The third-order valence-electron chi connectivity index (χ3n) is 5.06. The van der Waals surface area contributed by atoms with Gasteiger partial charge in [-0.05, 0) is 30.3 Å². The normalized spacial score (nSPS) is 15.9. The van der Waals surface area contributed by atoms with Gasteiger partial charge < -0.3 is 9.84 Å². The van der Waals surface area contributed by atoms with Crippen molar-refractivity contribution in [2.45, 2.75) is 37.5 Å². The molecule has 0 saturated heterocycles. The fourth-order valence-electron chi connectivity index (χ4n) is 3.44. The molecular formula is C21H22F4N2O2S. The number of nitrogens with zero attached hydrogens (tertiary/aromatic N) is 1. The highest BCUT2D eigenvalue weighted by molar-refractivity contribution is 7.19. The lowest BCUT2D eigenvalue weighted by molar-refractivity contribution is -0.136. The molecular weight excluding hydrogens is 420 g/mol. The largest absolute Gasteiger partial charge is 0.496 e. The van der Waals surface area contributed by atoms with Gasteiger partial charge in [-0.25, -0.2) is 13.2 Å². The minimum atomic E-state index is -3.21. The summed E-state index contributed by atoms with van der Waals surface area (Å²) in [6, 6.07) is 7.08. The van der Waals surface area contributed by atoms with Crippen molar-refractivity contribution in [1.82, 2.24) is 10.3 Å². The molecule has 0 fully saturated rings. The number of fused-ring (bicyclic) bond motifs is 1. The SMILES string of the molecule is COc1ccc(F)cc1C(C)(CF)CC(O)(NCc1cc2cnccc2s1)C(F)F. The highest BCUT2D eigenvalue weighted by Gasteiger charge is 2.46. The molecule has 0 aliphatic rings. The third-order valence-corrected chi connectivity index (χ3v) is 6.18. The van der Waals surface area contributed by atoms with E-state index in [4.69, 9.17) is 4.74 Å². The van der Waals surface area contributed by atoms with Crippen LogP contribution in [0.2, 0.25) is 0 Å². The van der Waals surface area contributed by atoms with Crippen LogP contribution in [0.15, 0.2) is 42.7 Å². The van der Waals surface area contributed by atoms with E-state index in [2.05, 4.69) is 10.3 Å². The summed E-state index contributed by atoms with van der Waals surface area (Å²) in [5, 5.41) is 14.1.